The molecular formula is C18H29IN4. The van der Waals surface area contributed by atoms with E-state index in [1.165, 1.54) is 43.7 Å². The third-order valence-electron chi connectivity index (χ3n) is 4.81. The number of nitrogens with zero attached hydrogens (tertiary/aromatic N) is 3. The molecule has 1 aromatic rings. The van der Waals surface area contributed by atoms with E-state index in [0.717, 1.165) is 31.4 Å². The van der Waals surface area contributed by atoms with Crippen LogP contribution in [0.1, 0.15) is 25.3 Å². The van der Waals surface area contributed by atoms with Crippen LogP contribution in [0, 0.1) is 5.92 Å². The molecule has 4 nitrogen and oxygen atoms in total. The predicted octanol–water partition coefficient (Wildman–Crippen LogP) is 2.97. The highest BCUT2D eigenvalue weighted by atomic mass is 127. The van der Waals surface area contributed by atoms with Crippen LogP contribution in [0.2, 0.25) is 0 Å². The van der Waals surface area contributed by atoms with E-state index in [1.807, 2.05) is 7.05 Å². The van der Waals surface area contributed by atoms with E-state index in [2.05, 4.69) is 51.3 Å². The average Bonchev–Trinajstić information content (AvgIpc) is 3.16. The number of anilines is 1. The number of rotatable bonds is 4. The largest absolute Gasteiger partial charge is 0.356 e. The van der Waals surface area contributed by atoms with Crippen LogP contribution in [0.5, 0.6) is 0 Å². The van der Waals surface area contributed by atoms with Crippen molar-refractivity contribution in [3.8, 4) is 0 Å². The summed E-state index contributed by atoms with van der Waals surface area (Å²) in [5, 5.41) is 3.61. The van der Waals surface area contributed by atoms with E-state index in [0.29, 0.717) is 0 Å². The number of hydrogen-bond donors (Lipinski definition) is 1. The Morgan fingerprint density at radius 2 is 2.13 bits per heavy atom. The molecule has 0 aliphatic carbocycles. The molecule has 2 heterocycles. The van der Waals surface area contributed by atoms with Crippen LogP contribution in [-0.4, -0.2) is 50.6 Å². The Morgan fingerprint density at radius 3 is 2.91 bits per heavy atom. The van der Waals surface area contributed by atoms with Gasteiger partial charge in [0.25, 0.3) is 0 Å². The standard InChI is InChI=1S/C18H28N4.HI/c1-3-10-21-11-8-15(14-21)13-20-18(19-2)22-12-9-16-6-4-5-7-17(16)22;/h4-7,15H,3,8-14H2,1-2H3,(H,19,20);1H. The molecular weight excluding hydrogens is 399 g/mol. The van der Waals surface area contributed by atoms with Crippen molar-refractivity contribution < 1.29 is 0 Å². The lowest BCUT2D eigenvalue weighted by molar-refractivity contribution is 0.324. The van der Waals surface area contributed by atoms with Gasteiger partial charge in [-0.3, -0.25) is 4.99 Å². The smallest absolute Gasteiger partial charge is 0.198 e. The van der Waals surface area contributed by atoms with E-state index in [4.69, 9.17) is 0 Å². The van der Waals surface area contributed by atoms with Gasteiger partial charge in [0.2, 0.25) is 0 Å². The van der Waals surface area contributed by atoms with Gasteiger partial charge >= 0.3 is 0 Å². The van der Waals surface area contributed by atoms with Crippen LogP contribution in [0.25, 0.3) is 0 Å². The number of hydrogen-bond acceptors (Lipinski definition) is 2. The van der Waals surface area contributed by atoms with Crippen LogP contribution in [0.15, 0.2) is 29.3 Å². The molecule has 1 aromatic carbocycles. The Balaban J connectivity index is 0.00000192. The number of benzene rings is 1. The summed E-state index contributed by atoms with van der Waals surface area (Å²) in [4.78, 5) is 9.41. The number of halogens is 1. The van der Waals surface area contributed by atoms with Gasteiger partial charge in [0.15, 0.2) is 5.96 Å². The van der Waals surface area contributed by atoms with Crippen LogP contribution < -0.4 is 10.2 Å². The molecule has 0 spiro atoms. The number of guanidine groups is 1. The van der Waals surface area contributed by atoms with Gasteiger partial charge in [-0.1, -0.05) is 25.1 Å². The molecule has 0 bridgehead atoms. The molecule has 3 rings (SSSR count). The van der Waals surface area contributed by atoms with Crippen LogP contribution >= 0.6 is 24.0 Å². The van der Waals surface area contributed by atoms with E-state index < -0.39 is 0 Å². The average molecular weight is 428 g/mol. The zero-order chi connectivity index (χ0) is 15.4. The van der Waals surface area contributed by atoms with Crippen molar-refractivity contribution in [1.82, 2.24) is 10.2 Å². The van der Waals surface area contributed by atoms with E-state index in [-0.39, 0.29) is 24.0 Å². The lowest BCUT2D eigenvalue weighted by atomic mass is 10.1. The lowest BCUT2D eigenvalue weighted by Gasteiger charge is -2.24. The first-order chi connectivity index (χ1) is 10.8. The van der Waals surface area contributed by atoms with Crippen molar-refractivity contribution in [2.75, 3.05) is 44.7 Å². The molecule has 0 amide bonds. The molecule has 2 aliphatic rings. The van der Waals surface area contributed by atoms with Crippen molar-refractivity contribution in [1.29, 1.82) is 0 Å². The maximum absolute atomic E-state index is 4.50. The molecule has 0 saturated carbocycles. The Kier molecular flexibility index (Phi) is 7.14. The highest BCUT2D eigenvalue weighted by Gasteiger charge is 2.25. The zero-order valence-corrected chi connectivity index (χ0v) is 16.6. The summed E-state index contributed by atoms with van der Waals surface area (Å²) >= 11 is 0. The number of likely N-dealkylation sites (tertiary alicyclic amines) is 1. The lowest BCUT2D eigenvalue weighted by Crippen LogP contribution is -2.42. The maximum atomic E-state index is 4.50. The van der Waals surface area contributed by atoms with Crippen molar-refractivity contribution in [2.45, 2.75) is 26.2 Å². The Bertz CT molecular complexity index is 532. The summed E-state index contributed by atoms with van der Waals surface area (Å²) in [7, 11) is 1.89. The van der Waals surface area contributed by atoms with Crippen molar-refractivity contribution in [2.24, 2.45) is 10.9 Å². The fraction of sp³-hybridized carbons (Fsp3) is 0.611. The maximum Gasteiger partial charge on any atom is 0.198 e. The van der Waals surface area contributed by atoms with E-state index in [9.17, 15) is 0 Å². The minimum atomic E-state index is 0. The second kappa shape index (κ2) is 8.87. The molecule has 0 radical (unpaired) electrons. The third kappa shape index (κ3) is 4.38. The first-order valence-corrected chi connectivity index (χ1v) is 8.60. The van der Waals surface area contributed by atoms with Gasteiger partial charge < -0.3 is 15.1 Å². The molecule has 1 unspecified atom stereocenters. The van der Waals surface area contributed by atoms with Crippen molar-refractivity contribution in [3.63, 3.8) is 0 Å². The van der Waals surface area contributed by atoms with Gasteiger partial charge in [-0.05, 0) is 49.9 Å². The first-order valence-electron chi connectivity index (χ1n) is 8.60. The molecule has 2 aliphatic heterocycles. The van der Waals surface area contributed by atoms with Gasteiger partial charge in [0.05, 0.1) is 0 Å². The molecule has 1 fully saturated rings. The summed E-state index contributed by atoms with van der Waals surface area (Å²) in [6.07, 6.45) is 3.68. The van der Waals surface area contributed by atoms with Gasteiger partial charge in [0, 0.05) is 32.4 Å². The first kappa shape index (κ1) is 18.5. The topological polar surface area (TPSA) is 30.9 Å². The summed E-state index contributed by atoms with van der Waals surface area (Å²) in [6.45, 7) is 8.06. The highest BCUT2D eigenvalue weighted by Crippen LogP contribution is 2.27. The SMILES string of the molecule is CCCN1CCC(CNC(=NC)N2CCc3ccccc32)C1.I. The van der Waals surface area contributed by atoms with Gasteiger partial charge in [-0.25, -0.2) is 0 Å². The van der Waals surface area contributed by atoms with Gasteiger partial charge in [0.1, 0.15) is 0 Å². The number of para-hydroxylation sites is 1. The van der Waals surface area contributed by atoms with E-state index >= 15 is 0 Å². The van der Waals surface area contributed by atoms with Crippen LogP contribution in [0.4, 0.5) is 5.69 Å². The van der Waals surface area contributed by atoms with E-state index in [1.54, 1.807) is 0 Å². The Morgan fingerprint density at radius 1 is 1.30 bits per heavy atom. The van der Waals surface area contributed by atoms with Crippen molar-refractivity contribution in [3.05, 3.63) is 29.8 Å². The van der Waals surface area contributed by atoms with Gasteiger partial charge in [-0.2, -0.15) is 0 Å². The normalized spacial score (nSPS) is 21.2. The Hall–Kier alpha value is -0.820. The summed E-state index contributed by atoms with van der Waals surface area (Å²) in [5.41, 5.74) is 2.75. The van der Waals surface area contributed by atoms with Crippen molar-refractivity contribution >= 4 is 35.6 Å². The minimum Gasteiger partial charge on any atom is -0.356 e. The highest BCUT2D eigenvalue weighted by molar-refractivity contribution is 14.0. The summed E-state index contributed by atoms with van der Waals surface area (Å²) in [6, 6.07) is 8.67. The fourth-order valence-electron chi connectivity index (χ4n) is 3.69. The predicted molar refractivity (Wildman–Crippen MR) is 109 cm³/mol. The van der Waals surface area contributed by atoms with Gasteiger partial charge in [-0.15, -0.1) is 24.0 Å². The molecule has 128 valence electrons. The number of fused-ring (bicyclic) bond motifs is 1. The summed E-state index contributed by atoms with van der Waals surface area (Å²) < 4.78 is 0. The fourth-order valence-corrected chi connectivity index (χ4v) is 3.69. The molecule has 1 saturated heterocycles. The summed E-state index contributed by atoms with van der Waals surface area (Å²) in [5.74, 6) is 1.78. The quantitative estimate of drug-likeness (QED) is 0.455. The monoisotopic (exact) mass is 428 g/mol. The Labute approximate surface area is 157 Å². The number of nitrogens with one attached hydrogen (secondary N) is 1. The zero-order valence-electron chi connectivity index (χ0n) is 14.3. The molecule has 5 heteroatoms. The second-order valence-corrected chi connectivity index (χ2v) is 6.41. The molecule has 1 N–H and O–H groups in total. The molecule has 1 atom stereocenters. The number of aliphatic imine (C=N–C) groups is 1. The van der Waals surface area contributed by atoms with Crippen LogP contribution in [-0.2, 0) is 6.42 Å². The second-order valence-electron chi connectivity index (χ2n) is 6.41. The molecule has 23 heavy (non-hydrogen) atoms. The van der Waals surface area contributed by atoms with Crippen LogP contribution in [0.3, 0.4) is 0 Å². The molecule has 0 aromatic heterocycles. The minimum absolute atomic E-state index is 0. The third-order valence-corrected chi connectivity index (χ3v) is 4.81.